The first-order valence-electron chi connectivity index (χ1n) is 10.6. The monoisotopic (exact) mass is 446 g/mol. The molecule has 2 aromatic carbocycles. The second-order valence-electron chi connectivity index (χ2n) is 7.51. The maximum absolute atomic E-state index is 12.6. The molecule has 1 aliphatic rings. The molecule has 0 radical (unpaired) electrons. The fourth-order valence-electron chi connectivity index (χ4n) is 3.69. The van der Waals surface area contributed by atoms with Crippen LogP contribution < -0.4 is 14.2 Å². The van der Waals surface area contributed by atoms with Gasteiger partial charge in [0.05, 0.1) is 18.6 Å². The van der Waals surface area contributed by atoms with Crippen LogP contribution in [0.1, 0.15) is 31.7 Å². The number of aryl methyl sites for hydroxylation is 1. The normalized spacial score (nSPS) is 15.0. The van der Waals surface area contributed by atoms with Crippen molar-refractivity contribution >= 4 is 15.9 Å². The maximum Gasteiger partial charge on any atom is 0.240 e. The molecular formula is C23H30N2O5S. The van der Waals surface area contributed by atoms with Crippen LogP contribution in [0.15, 0.2) is 53.4 Å². The average Bonchev–Trinajstić information content (AvgIpc) is 2.79. The molecule has 0 bridgehead atoms. The molecule has 168 valence electrons. The summed E-state index contributed by atoms with van der Waals surface area (Å²) in [5.41, 5.74) is 1.01. The summed E-state index contributed by atoms with van der Waals surface area (Å²) in [5, 5.41) is 0. The van der Waals surface area contributed by atoms with Gasteiger partial charge in [0, 0.05) is 25.6 Å². The second-order valence-corrected chi connectivity index (χ2v) is 9.22. The van der Waals surface area contributed by atoms with Gasteiger partial charge >= 0.3 is 0 Å². The Bertz CT molecular complexity index is 971. The zero-order valence-electron chi connectivity index (χ0n) is 18.0. The lowest BCUT2D eigenvalue weighted by Gasteiger charge is -2.32. The number of nitrogens with zero attached hydrogens (tertiary/aromatic N) is 1. The van der Waals surface area contributed by atoms with Crippen LogP contribution in [0.5, 0.6) is 11.5 Å². The number of methoxy groups -OCH3 is 1. The van der Waals surface area contributed by atoms with Gasteiger partial charge in [-0.1, -0.05) is 24.3 Å². The highest BCUT2D eigenvalue weighted by Crippen LogP contribution is 2.28. The number of likely N-dealkylation sites (tertiary alicyclic amines) is 1. The van der Waals surface area contributed by atoms with Crippen LogP contribution in [0.2, 0.25) is 0 Å². The minimum absolute atomic E-state index is 0.0808. The Balaban J connectivity index is 1.48. The Hall–Kier alpha value is -2.58. The van der Waals surface area contributed by atoms with E-state index in [4.69, 9.17) is 9.47 Å². The van der Waals surface area contributed by atoms with Crippen molar-refractivity contribution in [2.24, 2.45) is 0 Å². The summed E-state index contributed by atoms with van der Waals surface area (Å²) in [5.74, 6) is 1.44. The van der Waals surface area contributed by atoms with Crippen molar-refractivity contribution in [3.63, 3.8) is 0 Å². The molecule has 3 rings (SSSR count). The summed E-state index contributed by atoms with van der Waals surface area (Å²) in [4.78, 5) is 14.7. The molecule has 1 fully saturated rings. The predicted octanol–water partition coefficient (Wildman–Crippen LogP) is 3.00. The van der Waals surface area contributed by atoms with Gasteiger partial charge in [-0.05, 0) is 56.0 Å². The highest BCUT2D eigenvalue weighted by molar-refractivity contribution is 7.89. The maximum atomic E-state index is 12.6. The first kappa shape index (κ1) is 23.1. The Morgan fingerprint density at radius 3 is 2.45 bits per heavy atom. The van der Waals surface area contributed by atoms with E-state index in [9.17, 15) is 13.2 Å². The van der Waals surface area contributed by atoms with Crippen molar-refractivity contribution in [3.05, 3.63) is 54.1 Å². The lowest BCUT2D eigenvalue weighted by Crippen LogP contribution is -2.46. The minimum Gasteiger partial charge on any atom is -0.493 e. The van der Waals surface area contributed by atoms with Crippen LogP contribution in [-0.2, 0) is 21.2 Å². The van der Waals surface area contributed by atoms with Crippen LogP contribution in [0.25, 0.3) is 0 Å². The van der Waals surface area contributed by atoms with Crippen LogP contribution in [0, 0.1) is 0 Å². The molecule has 0 spiro atoms. The van der Waals surface area contributed by atoms with E-state index >= 15 is 0 Å². The number of benzene rings is 2. The number of carbonyl (C=O) groups is 1. The third kappa shape index (κ3) is 6.21. The number of carbonyl (C=O) groups excluding carboxylic acids is 1. The molecular weight excluding hydrogens is 416 g/mol. The zero-order valence-corrected chi connectivity index (χ0v) is 18.9. The Morgan fingerprint density at radius 1 is 1.10 bits per heavy atom. The van der Waals surface area contributed by atoms with E-state index in [1.165, 1.54) is 0 Å². The van der Waals surface area contributed by atoms with Crippen molar-refractivity contribution < 1.29 is 22.7 Å². The van der Waals surface area contributed by atoms with Crippen molar-refractivity contribution in [1.29, 1.82) is 0 Å². The lowest BCUT2D eigenvalue weighted by molar-refractivity contribution is -0.132. The number of piperidine rings is 1. The van der Waals surface area contributed by atoms with E-state index in [-0.39, 0.29) is 16.8 Å². The molecule has 1 saturated heterocycles. The van der Waals surface area contributed by atoms with Gasteiger partial charge < -0.3 is 14.4 Å². The summed E-state index contributed by atoms with van der Waals surface area (Å²) in [6.45, 7) is 3.58. The van der Waals surface area contributed by atoms with E-state index in [0.29, 0.717) is 56.9 Å². The Morgan fingerprint density at radius 2 is 1.81 bits per heavy atom. The van der Waals surface area contributed by atoms with Gasteiger partial charge in [0.25, 0.3) is 0 Å². The molecule has 7 nitrogen and oxygen atoms in total. The van der Waals surface area contributed by atoms with Gasteiger partial charge in [-0.25, -0.2) is 13.1 Å². The number of nitrogens with one attached hydrogen (secondary N) is 1. The molecule has 31 heavy (non-hydrogen) atoms. The first-order valence-corrected chi connectivity index (χ1v) is 12.1. The summed E-state index contributed by atoms with van der Waals surface area (Å²) in [6.07, 6.45) is 2.23. The summed E-state index contributed by atoms with van der Waals surface area (Å²) < 4.78 is 38.6. The fourth-order valence-corrected chi connectivity index (χ4v) is 5.01. The minimum atomic E-state index is -3.53. The molecule has 0 aromatic heterocycles. The molecule has 1 N–H and O–H groups in total. The summed E-state index contributed by atoms with van der Waals surface area (Å²) in [7, 11) is -1.93. The molecule has 0 saturated carbocycles. The quantitative estimate of drug-likeness (QED) is 0.640. The molecule has 0 atom stereocenters. The third-order valence-electron chi connectivity index (χ3n) is 5.38. The van der Waals surface area contributed by atoms with E-state index in [1.807, 2.05) is 30.0 Å². The average molecular weight is 447 g/mol. The van der Waals surface area contributed by atoms with E-state index < -0.39 is 10.0 Å². The largest absolute Gasteiger partial charge is 0.493 e. The smallest absolute Gasteiger partial charge is 0.240 e. The number of sulfonamides is 1. The van der Waals surface area contributed by atoms with E-state index in [0.717, 1.165) is 5.56 Å². The topological polar surface area (TPSA) is 84.9 Å². The van der Waals surface area contributed by atoms with Crippen LogP contribution in [-0.4, -0.2) is 52.1 Å². The highest BCUT2D eigenvalue weighted by atomic mass is 32.2. The molecule has 0 unspecified atom stereocenters. The Kier molecular flexibility index (Phi) is 7.92. The van der Waals surface area contributed by atoms with Gasteiger partial charge in [-0.2, -0.15) is 0 Å². The van der Waals surface area contributed by atoms with Gasteiger partial charge in [-0.3, -0.25) is 4.79 Å². The fraction of sp³-hybridized carbons (Fsp3) is 0.435. The molecule has 0 aliphatic carbocycles. The van der Waals surface area contributed by atoms with Crippen LogP contribution >= 0.6 is 0 Å². The van der Waals surface area contributed by atoms with E-state index in [2.05, 4.69) is 4.72 Å². The number of hydrogen-bond acceptors (Lipinski definition) is 5. The zero-order chi connectivity index (χ0) is 22.3. The number of ether oxygens (including phenoxy) is 2. The molecule has 1 amide bonds. The standard InChI is InChI=1S/C23H30N2O5S/c1-3-30-21-11-9-18(17-22(21)29-2)10-12-23(26)25-15-13-19(14-16-25)24-31(27,28)20-7-5-4-6-8-20/h4-9,11,17,19,24H,3,10,12-16H2,1-2H3. The van der Waals surface area contributed by atoms with Gasteiger partial charge in [-0.15, -0.1) is 0 Å². The molecule has 1 heterocycles. The number of rotatable bonds is 9. The second kappa shape index (κ2) is 10.6. The SMILES string of the molecule is CCOc1ccc(CCC(=O)N2CCC(NS(=O)(=O)c3ccccc3)CC2)cc1OC. The Labute approximate surface area is 184 Å². The number of amides is 1. The van der Waals surface area contributed by atoms with Crippen molar-refractivity contribution in [1.82, 2.24) is 9.62 Å². The number of hydrogen-bond donors (Lipinski definition) is 1. The van der Waals surface area contributed by atoms with Crippen molar-refractivity contribution in [2.45, 2.75) is 43.5 Å². The van der Waals surface area contributed by atoms with E-state index in [1.54, 1.807) is 37.4 Å². The van der Waals surface area contributed by atoms with Crippen LogP contribution in [0.3, 0.4) is 0 Å². The van der Waals surface area contributed by atoms with Gasteiger partial charge in [0.2, 0.25) is 15.9 Å². The lowest BCUT2D eigenvalue weighted by atomic mass is 10.0. The third-order valence-corrected chi connectivity index (χ3v) is 6.91. The summed E-state index contributed by atoms with van der Waals surface area (Å²) in [6, 6.07) is 13.9. The first-order chi connectivity index (χ1) is 14.9. The highest BCUT2D eigenvalue weighted by Gasteiger charge is 2.26. The van der Waals surface area contributed by atoms with Crippen molar-refractivity contribution in [2.75, 3.05) is 26.8 Å². The van der Waals surface area contributed by atoms with Gasteiger partial charge in [0.15, 0.2) is 11.5 Å². The molecule has 8 heteroatoms. The summed E-state index contributed by atoms with van der Waals surface area (Å²) >= 11 is 0. The predicted molar refractivity (Wildman–Crippen MR) is 119 cm³/mol. The molecule has 1 aliphatic heterocycles. The van der Waals surface area contributed by atoms with Gasteiger partial charge in [0.1, 0.15) is 0 Å². The molecule has 2 aromatic rings. The van der Waals surface area contributed by atoms with Crippen molar-refractivity contribution in [3.8, 4) is 11.5 Å². The van der Waals surface area contributed by atoms with Crippen LogP contribution in [0.4, 0.5) is 0 Å².